The van der Waals surface area contributed by atoms with Gasteiger partial charge in [0.1, 0.15) is 5.75 Å². The van der Waals surface area contributed by atoms with Gasteiger partial charge in [0.05, 0.1) is 12.8 Å². The average Bonchev–Trinajstić information content (AvgIpc) is 3.20. The van der Waals surface area contributed by atoms with Crippen LogP contribution in [0.25, 0.3) is 5.69 Å². The molecule has 2 aromatic carbocycles. The fourth-order valence-electron chi connectivity index (χ4n) is 2.84. The predicted octanol–water partition coefficient (Wildman–Crippen LogP) is 4.59. The maximum Gasteiger partial charge on any atom is 0.224 e. The molecule has 0 fully saturated rings. The Morgan fingerprint density at radius 1 is 1.14 bits per heavy atom. The molecule has 1 aromatic heterocycles. The SMILES string of the molecule is COc1ccc(-n2ccnc2SCCCC(=O)Nc2ccccc2C(C)=O)cc1. The zero-order valence-electron chi connectivity index (χ0n) is 16.4. The van der Waals surface area contributed by atoms with Gasteiger partial charge in [-0.25, -0.2) is 4.98 Å². The number of carbonyl (C=O) groups is 2. The van der Waals surface area contributed by atoms with Crippen molar-refractivity contribution < 1.29 is 14.3 Å². The molecule has 0 saturated heterocycles. The summed E-state index contributed by atoms with van der Waals surface area (Å²) < 4.78 is 7.20. The standard InChI is InChI=1S/C22H23N3O3S/c1-16(26)19-6-3-4-7-20(19)24-21(27)8-5-15-29-22-23-13-14-25(22)17-9-11-18(28-2)12-10-17/h3-4,6-7,9-14H,5,8,15H2,1-2H3,(H,24,27). The molecule has 0 atom stereocenters. The number of ketones is 1. The Kier molecular flexibility index (Phi) is 7.08. The van der Waals surface area contributed by atoms with Crippen LogP contribution in [-0.2, 0) is 4.79 Å². The van der Waals surface area contributed by atoms with Crippen LogP contribution in [0, 0.1) is 0 Å². The summed E-state index contributed by atoms with van der Waals surface area (Å²) in [6.07, 6.45) is 4.75. The quantitative estimate of drug-likeness (QED) is 0.318. The number of nitrogens with zero attached hydrogens (tertiary/aromatic N) is 2. The summed E-state index contributed by atoms with van der Waals surface area (Å²) in [4.78, 5) is 28.3. The van der Waals surface area contributed by atoms with Crippen molar-refractivity contribution in [2.75, 3.05) is 18.2 Å². The maximum atomic E-state index is 12.2. The van der Waals surface area contributed by atoms with Gasteiger partial charge in [-0.15, -0.1) is 0 Å². The number of para-hydroxylation sites is 1. The lowest BCUT2D eigenvalue weighted by atomic mass is 10.1. The van der Waals surface area contributed by atoms with Crippen molar-refractivity contribution in [3.63, 3.8) is 0 Å². The van der Waals surface area contributed by atoms with Crippen molar-refractivity contribution >= 4 is 29.1 Å². The number of thioether (sulfide) groups is 1. The van der Waals surface area contributed by atoms with E-state index in [0.717, 1.165) is 22.3 Å². The molecule has 29 heavy (non-hydrogen) atoms. The Balaban J connectivity index is 1.51. The molecule has 3 aromatic rings. The lowest BCUT2D eigenvalue weighted by Crippen LogP contribution is -2.14. The number of anilines is 1. The molecule has 0 aliphatic rings. The third-order valence-corrected chi connectivity index (χ3v) is 5.37. The Bertz CT molecular complexity index is 983. The van der Waals surface area contributed by atoms with Crippen molar-refractivity contribution in [2.45, 2.75) is 24.9 Å². The number of hydrogen-bond donors (Lipinski definition) is 1. The summed E-state index contributed by atoms with van der Waals surface area (Å²) in [5.74, 6) is 1.40. The normalized spacial score (nSPS) is 10.6. The molecule has 6 nitrogen and oxygen atoms in total. The van der Waals surface area contributed by atoms with Gasteiger partial charge in [-0.3, -0.25) is 14.2 Å². The van der Waals surface area contributed by atoms with Crippen LogP contribution >= 0.6 is 11.8 Å². The van der Waals surface area contributed by atoms with Crippen LogP contribution in [0.5, 0.6) is 5.75 Å². The molecule has 3 rings (SSSR count). The van der Waals surface area contributed by atoms with E-state index in [1.54, 1.807) is 49.3 Å². The number of hydrogen-bond acceptors (Lipinski definition) is 5. The van der Waals surface area contributed by atoms with Gasteiger partial charge in [-0.1, -0.05) is 23.9 Å². The molecule has 1 N–H and O–H groups in total. The van der Waals surface area contributed by atoms with Gasteiger partial charge < -0.3 is 10.1 Å². The summed E-state index contributed by atoms with van der Waals surface area (Å²) in [6, 6.07) is 14.8. The van der Waals surface area contributed by atoms with Crippen molar-refractivity contribution in [3.05, 3.63) is 66.5 Å². The molecule has 0 aliphatic carbocycles. The first-order valence-electron chi connectivity index (χ1n) is 9.29. The number of imidazole rings is 1. The number of nitrogens with one attached hydrogen (secondary N) is 1. The third kappa shape index (κ3) is 5.48. The molecule has 7 heteroatoms. The Morgan fingerprint density at radius 3 is 2.62 bits per heavy atom. The Morgan fingerprint density at radius 2 is 1.90 bits per heavy atom. The zero-order chi connectivity index (χ0) is 20.6. The molecule has 0 bridgehead atoms. The van der Waals surface area contributed by atoms with E-state index in [-0.39, 0.29) is 11.7 Å². The molecule has 0 unspecified atom stereocenters. The van der Waals surface area contributed by atoms with Crippen molar-refractivity contribution in [2.24, 2.45) is 0 Å². The first-order chi connectivity index (χ1) is 14.1. The molecule has 0 spiro atoms. The van der Waals surface area contributed by atoms with Crippen molar-refractivity contribution in [1.82, 2.24) is 9.55 Å². The summed E-state index contributed by atoms with van der Waals surface area (Å²) in [6.45, 7) is 1.49. The number of methoxy groups -OCH3 is 1. The number of amides is 1. The van der Waals surface area contributed by atoms with Crippen LogP contribution in [0.2, 0.25) is 0 Å². The molecule has 150 valence electrons. The largest absolute Gasteiger partial charge is 0.497 e. The van der Waals surface area contributed by atoms with Gasteiger partial charge in [0.2, 0.25) is 5.91 Å². The molecular formula is C22H23N3O3S. The molecule has 0 radical (unpaired) electrons. The first kappa shape index (κ1) is 20.7. The summed E-state index contributed by atoms with van der Waals surface area (Å²) in [7, 11) is 1.64. The molecular weight excluding hydrogens is 386 g/mol. The van der Waals surface area contributed by atoms with Gasteiger partial charge in [-0.2, -0.15) is 0 Å². The highest BCUT2D eigenvalue weighted by Crippen LogP contribution is 2.23. The van der Waals surface area contributed by atoms with Crippen LogP contribution in [-0.4, -0.2) is 34.1 Å². The van der Waals surface area contributed by atoms with E-state index in [2.05, 4.69) is 10.3 Å². The van der Waals surface area contributed by atoms with E-state index in [1.165, 1.54) is 6.92 Å². The van der Waals surface area contributed by atoms with E-state index in [4.69, 9.17) is 4.74 Å². The topological polar surface area (TPSA) is 73.2 Å². The van der Waals surface area contributed by atoms with Gasteiger partial charge in [-0.05, 0) is 49.7 Å². The fourth-order valence-corrected chi connectivity index (χ4v) is 3.76. The minimum Gasteiger partial charge on any atom is -0.497 e. The number of rotatable bonds is 9. The highest BCUT2D eigenvalue weighted by atomic mass is 32.2. The average molecular weight is 410 g/mol. The summed E-state index contributed by atoms with van der Waals surface area (Å²) in [5.41, 5.74) is 2.09. The summed E-state index contributed by atoms with van der Waals surface area (Å²) >= 11 is 1.60. The van der Waals surface area contributed by atoms with Crippen LogP contribution in [0.15, 0.2) is 66.1 Å². The van der Waals surface area contributed by atoms with Gasteiger partial charge >= 0.3 is 0 Å². The number of aromatic nitrogens is 2. The van der Waals surface area contributed by atoms with Crippen LogP contribution in [0.3, 0.4) is 0 Å². The van der Waals surface area contributed by atoms with Crippen LogP contribution in [0.4, 0.5) is 5.69 Å². The molecule has 0 saturated carbocycles. The Hall–Kier alpha value is -3.06. The number of carbonyl (C=O) groups excluding carboxylic acids is 2. The van der Waals surface area contributed by atoms with Crippen molar-refractivity contribution in [3.8, 4) is 11.4 Å². The van der Waals surface area contributed by atoms with E-state index in [1.807, 2.05) is 35.0 Å². The number of Topliss-reactive ketones (excluding diaryl/α,β-unsaturated/α-hetero) is 1. The highest BCUT2D eigenvalue weighted by Gasteiger charge is 2.10. The first-order valence-corrected chi connectivity index (χ1v) is 10.3. The third-order valence-electron chi connectivity index (χ3n) is 4.32. The van der Waals surface area contributed by atoms with Gasteiger partial charge in [0, 0.05) is 35.8 Å². The lowest BCUT2D eigenvalue weighted by molar-refractivity contribution is -0.116. The zero-order valence-corrected chi connectivity index (χ0v) is 17.2. The van der Waals surface area contributed by atoms with E-state index in [9.17, 15) is 9.59 Å². The second kappa shape index (κ2) is 9.93. The van der Waals surface area contributed by atoms with Gasteiger partial charge in [0.25, 0.3) is 0 Å². The van der Waals surface area contributed by atoms with E-state index in [0.29, 0.717) is 24.1 Å². The number of benzene rings is 2. The van der Waals surface area contributed by atoms with Crippen LogP contribution in [0.1, 0.15) is 30.1 Å². The molecule has 1 amide bonds. The molecule has 0 aliphatic heterocycles. The molecule has 1 heterocycles. The maximum absolute atomic E-state index is 12.2. The monoisotopic (exact) mass is 409 g/mol. The van der Waals surface area contributed by atoms with Gasteiger partial charge in [0.15, 0.2) is 10.9 Å². The number of ether oxygens (including phenoxy) is 1. The van der Waals surface area contributed by atoms with Crippen LogP contribution < -0.4 is 10.1 Å². The second-order valence-corrected chi connectivity index (χ2v) is 7.44. The second-order valence-electron chi connectivity index (χ2n) is 6.38. The lowest BCUT2D eigenvalue weighted by Gasteiger charge is -2.10. The minimum absolute atomic E-state index is 0.0678. The fraction of sp³-hybridized carbons (Fsp3) is 0.227. The van der Waals surface area contributed by atoms with E-state index >= 15 is 0 Å². The smallest absolute Gasteiger partial charge is 0.224 e. The summed E-state index contributed by atoms with van der Waals surface area (Å²) in [5, 5.41) is 3.70. The minimum atomic E-state index is -0.0993. The highest BCUT2D eigenvalue weighted by molar-refractivity contribution is 7.99. The Labute approximate surface area is 174 Å². The van der Waals surface area contributed by atoms with E-state index < -0.39 is 0 Å². The predicted molar refractivity (Wildman–Crippen MR) is 115 cm³/mol. The van der Waals surface area contributed by atoms with Crippen molar-refractivity contribution in [1.29, 1.82) is 0 Å².